The highest BCUT2D eigenvalue weighted by molar-refractivity contribution is 4.88. The van der Waals surface area contributed by atoms with Crippen molar-refractivity contribution in [1.29, 1.82) is 0 Å². The topological polar surface area (TPSA) is 59.2 Å². The zero-order valence-corrected chi connectivity index (χ0v) is 6.74. The van der Waals surface area contributed by atoms with E-state index in [-0.39, 0.29) is 0 Å². The van der Waals surface area contributed by atoms with Gasteiger partial charge in [0.2, 0.25) is 5.89 Å². The van der Waals surface area contributed by atoms with Crippen LogP contribution in [0.3, 0.4) is 0 Å². The van der Waals surface area contributed by atoms with E-state index in [0.717, 1.165) is 6.42 Å². The predicted octanol–water partition coefficient (Wildman–Crippen LogP) is 1.21. The van der Waals surface area contributed by atoms with Gasteiger partial charge in [-0.15, -0.1) is 0 Å². The van der Waals surface area contributed by atoms with Gasteiger partial charge < -0.3 is 9.63 Å². The van der Waals surface area contributed by atoms with Crippen molar-refractivity contribution in [2.75, 3.05) is 0 Å². The van der Waals surface area contributed by atoms with Gasteiger partial charge in [0.1, 0.15) is 6.10 Å². The van der Waals surface area contributed by atoms with Crippen LogP contribution in [0.25, 0.3) is 0 Å². The molecule has 0 aliphatic heterocycles. The second-order valence-corrected chi connectivity index (χ2v) is 2.48. The van der Waals surface area contributed by atoms with Crippen molar-refractivity contribution in [2.45, 2.75) is 32.8 Å². The van der Waals surface area contributed by atoms with Crippen molar-refractivity contribution in [1.82, 2.24) is 10.1 Å². The molecule has 4 heteroatoms. The predicted molar refractivity (Wildman–Crippen MR) is 38.9 cm³/mol. The Balaban J connectivity index is 2.60. The minimum absolute atomic E-state index is 0.393. The third-order valence-electron chi connectivity index (χ3n) is 1.40. The quantitative estimate of drug-likeness (QED) is 0.714. The molecule has 0 saturated heterocycles. The Bertz CT molecular complexity index is 222. The molecule has 1 N–H and O–H groups in total. The van der Waals surface area contributed by atoms with Crippen molar-refractivity contribution in [2.24, 2.45) is 0 Å². The summed E-state index contributed by atoms with van der Waals surface area (Å²) in [6.07, 6.45) is 1.02. The number of rotatable bonds is 3. The number of hydrogen-bond acceptors (Lipinski definition) is 4. The molecule has 0 aliphatic rings. The standard InChI is InChI=1S/C7H12N2O2/c1-3-4-6(10)7-8-5(2)11-9-7/h6,10H,3-4H2,1-2H3. The molecular weight excluding hydrogens is 144 g/mol. The number of nitrogens with zero attached hydrogens (tertiary/aromatic N) is 2. The Morgan fingerprint density at radius 3 is 2.82 bits per heavy atom. The number of hydrogen-bond donors (Lipinski definition) is 1. The Kier molecular flexibility index (Phi) is 2.59. The van der Waals surface area contributed by atoms with Crippen molar-refractivity contribution in [3.63, 3.8) is 0 Å². The number of aryl methyl sites for hydroxylation is 1. The normalized spacial score (nSPS) is 13.4. The average Bonchev–Trinajstić information content (AvgIpc) is 2.36. The monoisotopic (exact) mass is 156 g/mol. The summed E-state index contributed by atoms with van der Waals surface area (Å²) in [5, 5.41) is 12.9. The van der Waals surface area contributed by atoms with Crippen LogP contribution in [0, 0.1) is 6.92 Å². The van der Waals surface area contributed by atoms with Gasteiger partial charge >= 0.3 is 0 Å². The van der Waals surface area contributed by atoms with Gasteiger partial charge in [-0.05, 0) is 6.42 Å². The van der Waals surface area contributed by atoms with Crippen molar-refractivity contribution >= 4 is 0 Å². The Hall–Kier alpha value is -0.900. The van der Waals surface area contributed by atoms with Crippen LogP contribution < -0.4 is 0 Å². The summed E-state index contributed by atoms with van der Waals surface area (Å²) in [6, 6.07) is 0. The molecule has 62 valence electrons. The zero-order valence-electron chi connectivity index (χ0n) is 6.74. The molecule has 0 radical (unpaired) electrons. The van der Waals surface area contributed by atoms with Gasteiger partial charge in [-0.2, -0.15) is 4.98 Å². The van der Waals surface area contributed by atoms with E-state index in [2.05, 4.69) is 10.1 Å². The smallest absolute Gasteiger partial charge is 0.223 e. The molecule has 0 spiro atoms. The van der Waals surface area contributed by atoms with E-state index in [1.54, 1.807) is 6.92 Å². The SMILES string of the molecule is CCCC(O)c1noc(C)n1. The van der Waals surface area contributed by atoms with Gasteiger partial charge in [-0.3, -0.25) is 0 Å². The van der Waals surface area contributed by atoms with Crippen molar-refractivity contribution < 1.29 is 9.63 Å². The van der Waals surface area contributed by atoms with Crippen LogP contribution in [-0.4, -0.2) is 15.2 Å². The number of aromatic nitrogens is 2. The maximum Gasteiger partial charge on any atom is 0.223 e. The van der Waals surface area contributed by atoms with E-state index in [9.17, 15) is 5.11 Å². The summed E-state index contributed by atoms with van der Waals surface area (Å²) >= 11 is 0. The Labute approximate surface area is 65.2 Å². The molecule has 11 heavy (non-hydrogen) atoms. The van der Waals surface area contributed by atoms with Crippen LogP contribution in [-0.2, 0) is 0 Å². The fourth-order valence-electron chi connectivity index (χ4n) is 0.853. The summed E-state index contributed by atoms with van der Waals surface area (Å²) in [6.45, 7) is 3.70. The number of aliphatic hydroxyl groups is 1. The fourth-order valence-corrected chi connectivity index (χ4v) is 0.853. The average molecular weight is 156 g/mol. The van der Waals surface area contributed by atoms with Gasteiger partial charge in [0.25, 0.3) is 0 Å². The minimum Gasteiger partial charge on any atom is -0.385 e. The van der Waals surface area contributed by atoms with E-state index in [1.807, 2.05) is 6.92 Å². The van der Waals surface area contributed by atoms with Gasteiger partial charge in [0, 0.05) is 6.92 Å². The first kappa shape index (κ1) is 8.20. The Morgan fingerprint density at radius 1 is 1.64 bits per heavy atom. The summed E-state index contributed by atoms with van der Waals surface area (Å²) < 4.78 is 4.71. The lowest BCUT2D eigenvalue weighted by Gasteiger charge is -2.00. The second-order valence-electron chi connectivity index (χ2n) is 2.48. The molecule has 0 aromatic carbocycles. The molecule has 1 aromatic heterocycles. The second kappa shape index (κ2) is 3.48. The summed E-state index contributed by atoms with van der Waals surface area (Å²) in [7, 11) is 0. The molecule has 1 heterocycles. The molecule has 0 bridgehead atoms. The van der Waals surface area contributed by atoms with Crippen LogP contribution in [0.5, 0.6) is 0 Å². The first-order chi connectivity index (χ1) is 5.24. The van der Waals surface area contributed by atoms with Crippen LogP contribution in [0.15, 0.2) is 4.52 Å². The maximum atomic E-state index is 9.35. The van der Waals surface area contributed by atoms with Crippen LogP contribution in [0.2, 0.25) is 0 Å². The molecule has 0 fully saturated rings. The lowest BCUT2D eigenvalue weighted by atomic mass is 10.2. The third-order valence-corrected chi connectivity index (χ3v) is 1.40. The van der Waals surface area contributed by atoms with E-state index >= 15 is 0 Å². The fraction of sp³-hybridized carbons (Fsp3) is 0.714. The zero-order chi connectivity index (χ0) is 8.27. The molecule has 1 aromatic rings. The maximum absolute atomic E-state index is 9.35. The highest BCUT2D eigenvalue weighted by Gasteiger charge is 2.11. The van der Waals surface area contributed by atoms with Crippen LogP contribution in [0.4, 0.5) is 0 Å². The van der Waals surface area contributed by atoms with Crippen molar-refractivity contribution in [3.05, 3.63) is 11.7 Å². The van der Waals surface area contributed by atoms with E-state index in [1.165, 1.54) is 0 Å². The number of aliphatic hydroxyl groups excluding tert-OH is 1. The molecule has 0 aliphatic carbocycles. The van der Waals surface area contributed by atoms with Crippen LogP contribution in [0.1, 0.15) is 37.6 Å². The first-order valence-electron chi connectivity index (χ1n) is 3.72. The lowest BCUT2D eigenvalue weighted by Crippen LogP contribution is -1.98. The molecular formula is C7H12N2O2. The van der Waals surface area contributed by atoms with Crippen molar-refractivity contribution in [3.8, 4) is 0 Å². The molecule has 1 atom stereocenters. The summed E-state index contributed by atoms with van der Waals surface area (Å²) in [5.41, 5.74) is 0. The Morgan fingerprint density at radius 2 is 2.36 bits per heavy atom. The van der Waals surface area contributed by atoms with Gasteiger partial charge in [-0.1, -0.05) is 18.5 Å². The molecule has 4 nitrogen and oxygen atoms in total. The van der Waals surface area contributed by atoms with E-state index < -0.39 is 6.10 Å². The molecule has 1 rings (SSSR count). The summed E-state index contributed by atoms with van der Waals surface area (Å²) in [5.74, 6) is 0.888. The van der Waals surface area contributed by atoms with E-state index in [4.69, 9.17) is 4.52 Å². The summed E-state index contributed by atoms with van der Waals surface area (Å²) in [4.78, 5) is 3.90. The molecule has 0 amide bonds. The van der Waals surface area contributed by atoms with Gasteiger partial charge in [0.15, 0.2) is 5.82 Å². The highest BCUT2D eigenvalue weighted by atomic mass is 16.5. The highest BCUT2D eigenvalue weighted by Crippen LogP contribution is 2.13. The van der Waals surface area contributed by atoms with Crippen LogP contribution >= 0.6 is 0 Å². The van der Waals surface area contributed by atoms with Gasteiger partial charge in [0.05, 0.1) is 0 Å². The molecule has 1 unspecified atom stereocenters. The van der Waals surface area contributed by atoms with Gasteiger partial charge in [-0.25, -0.2) is 0 Å². The van der Waals surface area contributed by atoms with E-state index in [0.29, 0.717) is 18.1 Å². The third kappa shape index (κ3) is 2.01. The largest absolute Gasteiger partial charge is 0.385 e. The molecule has 0 saturated carbocycles. The minimum atomic E-state index is -0.572. The first-order valence-corrected chi connectivity index (χ1v) is 3.72. The lowest BCUT2D eigenvalue weighted by molar-refractivity contribution is 0.153.